The van der Waals surface area contributed by atoms with Crippen molar-refractivity contribution >= 4 is 5.97 Å². The Balaban J connectivity index is 3.34. The molecule has 0 bridgehead atoms. The van der Waals surface area contributed by atoms with E-state index in [9.17, 15) is 4.79 Å². The zero-order chi connectivity index (χ0) is 15.9. The lowest BCUT2D eigenvalue weighted by Crippen LogP contribution is -2.24. The third-order valence-electron chi connectivity index (χ3n) is 2.94. The molecular weight excluding hydrogens is 252 g/mol. The summed E-state index contributed by atoms with van der Waals surface area (Å²) in [5, 5.41) is 4.50. The summed E-state index contributed by atoms with van der Waals surface area (Å²) in [6.07, 6.45) is 0. The van der Waals surface area contributed by atoms with Crippen LogP contribution < -0.4 is 0 Å². The predicted octanol–water partition coefficient (Wildman–Crippen LogP) is 4.03. The van der Waals surface area contributed by atoms with Crippen LogP contribution >= 0.6 is 0 Å². The fourth-order valence-electron chi connectivity index (χ4n) is 2.32. The first kappa shape index (κ1) is 16.7. The van der Waals surface area contributed by atoms with Crippen molar-refractivity contribution in [1.29, 1.82) is 0 Å². The van der Waals surface area contributed by atoms with Gasteiger partial charge in [0.05, 0.1) is 0 Å². The molecule has 1 aromatic rings. The molecule has 0 unspecified atom stereocenters. The highest BCUT2D eigenvalue weighted by molar-refractivity contribution is 5.89. The predicted molar refractivity (Wildman–Crippen MR) is 81.2 cm³/mol. The average molecular weight is 280 g/mol. The number of carbonyl (C=O) groups excluding carboxylic acids is 1. The Morgan fingerprint density at radius 2 is 1.65 bits per heavy atom. The zero-order valence-electron chi connectivity index (χ0n) is 14.3. The second-order valence-corrected chi connectivity index (χ2v) is 7.61. The zero-order valence-corrected chi connectivity index (χ0v) is 14.3. The van der Waals surface area contributed by atoms with Gasteiger partial charge in [-0.1, -0.05) is 20.8 Å². The first-order chi connectivity index (χ1) is 8.84. The molecule has 4 nitrogen and oxygen atoms in total. The average Bonchev–Trinajstić information content (AvgIpc) is 2.52. The maximum atomic E-state index is 12.3. The second-order valence-electron chi connectivity index (χ2n) is 7.61. The van der Waals surface area contributed by atoms with E-state index in [0.717, 1.165) is 11.3 Å². The molecule has 0 aliphatic carbocycles. The van der Waals surface area contributed by atoms with Crippen molar-refractivity contribution in [2.24, 2.45) is 0 Å². The van der Waals surface area contributed by atoms with Gasteiger partial charge in [-0.05, 0) is 41.5 Å². The van der Waals surface area contributed by atoms with Crippen molar-refractivity contribution in [2.45, 2.75) is 79.4 Å². The van der Waals surface area contributed by atoms with Gasteiger partial charge in [-0.3, -0.25) is 4.68 Å². The van der Waals surface area contributed by atoms with Crippen LogP contribution in [0.1, 0.15) is 83.2 Å². The highest BCUT2D eigenvalue weighted by Crippen LogP contribution is 2.30. The van der Waals surface area contributed by atoms with Gasteiger partial charge in [0.25, 0.3) is 0 Å². The van der Waals surface area contributed by atoms with Crippen LogP contribution in [0, 0.1) is 6.92 Å². The van der Waals surface area contributed by atoms with Gasteiger partial charge in [0, 0.05) is 22.7 Å². The lowest BCUT2D eigenvalue weighted by molar-refractivity contribution is 0.00610. The molecule has 0 N–H and O–H groups in total. The molecule has 1 heterocycles. The molecule has 0 saturated heterocycles. The Morgan fingerprint density at radius 1 is 1.15 bits per heavy atom. The molecule has 0 fully saturated rings. The summed E-state index contributed by atoms with van der Waals surface area (Å²) in [6, 6.07) is 0.208. The number of carbonyl (C=O) groups is 1. The van der Waals surface area contributed by atoms with Crippen molar-refractivity contribution in [3.8, 4) is 0 Å². The van der Waals surface area contributed by atoms with Gasteiger partial charge in [0.2, 0.25) is 0 Å². The number of hydrogen-bond acceptors (Lipinski definition) is 3. The molecule has 4 heteroatoms. The van der Waals surface area contributed by atoms with Gasteiger partial charge in [-0.15, -0.1) is 0 Å². The van der Waals surface area contributed by atoms with Gasteiger partial charge in [0.1, 0.15) is 5.60 Å². The summed E-state index contributed by atoms with van der Waals surface area (Å²) in [5.74, 6) is -0.347. The molecule has 0 aliphatic rings. The van der Waals surface area contributed by atoms with E-state index in [-0.39, 0.29) is 17.4 Å². The van der Waals surface area contributed by atoms with Gasteiger partial charge in [-0.25, -0.2) is 4.79 Å². The monoisotopic (exact) mass is 280 g/mol. The summed E-state index contributed by atoms with van der Waals surface area (Å²) in [6.45, 7) is 18.1. The van der Waals surface area contributed by atoms with Crippen LogP contribution in [0.25, 0.3) is 0 Å². The molecule has 0 aromatic carbocycles. The Labute approximate surface area is 122 Å². The summed E-state index contributed by atoms with van der Waals surface area (Å²) >= 11 is 0. The maximum Gasteiger partial charge on any atom is 0.359 e. The Bertz CT molecular complexity index is 500. The maximum absolute atomic E-state index is 12.3. The van der Waals surface area contributed by atoms with E-state index in [1.54, 1.807) is 0 Å². The van der Waals surface area contributed by atoms with E-state index in [0.29, 0.717) is 5.69 Å². The normalized spacial score (nSPS) is 12.9. The molecule has 0 aliphatic heterocycles. The second kappa shape index (κ2) is 5.23. The molecule has 20 heavy (non-hydrogen) atoms. The first-order valence-electron chi connectivity index (χ1n) is 7.17. The van der Waals surface area contributed by atoms with Crippen LogP contribution in [0.3, 0.4) is 0 Å². The number of esters is 1. The third-order valence-corrected chi connectivity index (χ3v) is 2.94. The molecule has 114 valence electrons. The van der Waals surface area contributed by atoms with Crippen molar-refractivity contribution in [2.75, 3.05) is 0 Å². The van der Waals surface area contributed by atoms with Crippen molar-refractivity contribution in [3.63, 3.8) is 0 Å². The standard InChI is InChI=1S/C16H28N2O2/c1-10(2)18-13(15(4,5)6)11(3)12(17-18)14(19)20-16(7,8)9/h10H,1-9H3. The molecule has 0 atom stereocenters. The SMILES string of the molecule is Cc1c(C(=O)OC(C)(C)C)nn(C(C)C)c1C(C)(C)C. The Morgan fingerprint density at radius 3 is 1.95 bits per heavy atom. The number of nitrogens with zero attached hydrogens (tertiary/aromatic N) is 2. The van der Waals surface area contributed by atoms with Crippen LogP contribution in [-0.2, 0) is 10.2 Å². The van der Waals surface area contributed by atoms with Gasteiger partial charge >= 0.3 is 5.97 Å². The molecule has 0 spiro atoms. The van der Waals surface area contributed by atoms with Gasteiger partial charge in [-0.2, -0.15) is 5.10 Å². The van der Waals surface area contributed by atoms with E-state index in [1.165, 1.54) is 0 Å². The topological polar surface area (TPSA) is 44.1 Å². The highest BCUT2D eigenvalue weighted by atomic mass is 16.6. The summed E-state index contributed by atoms with van der Waals surface area (Å²) < 4.78 is 7.39. The quantitative estimate of drug-likeness (QED) is 0.768. The lowest BCUT2D eigenvalue weighted by Gasteiger charge is -2.23. The largest absolute Gasteiger partial charge is 0.455 e. The third kappa shape index (κ3) is 3.62. The minimum atomic E-state index is -0.507. The van der Waals surface area contributed by atoms with Gasteiger partial charge in [0.15, 0.2) is 5.69 Å². The highest BCUT2D eigenvalue weighted by Gasteiger charge is 2.30. The van der Waals surface area contributed by atoms with E-state index in [1.807, 2.05) is 32.4 Å². The number of aromatic nitrogens is 2. The van der Waals surface area contributed by atoms with Crippen LogP contribution in [0.2, 0.25) is 0 Å². The first-order valence-corrected chi connectivity index (χ1v) is 7.17. The van der Waals surface area contributed by atoms with Crippen molar-refractivity contribution in [1.82, 2.24) is 9.78 Å². The minimum Gasteiger partial charge on any atom is -0.455 e. The van der Waals surface area contributed by atoms with Crippen LogP contribution in [0.5, 0.6) is 0 Å². The number of rotatable bonds is 2. The van der Waals surface area contributed by atoms with Crippen molar-refractivity contribution < 1.29 is 9.53 Å². The van der Waals surface area contributed by atoms with Crippen molar-refractivity contribution in [3.05, 3.63) is 17.0 Å². The number of ether oxygens (including phenoxy) is 1. The molecule has 0 amide bonds. The number of hydrogen-bond donors (Lipinski definition) is 0. The summed E-state index contributed by atoms with van der Waals surface area (Å²) in [7, 11) is 0. The van der Waals surface area contributed by atoms with E-state index < -0.39 is 5.60 Å². The summed E-state index contributed by atoms with van der Waals surface area (Å²) in [5.41, 5.74) is 1.86. The molecular formula is C16H28N2O2. The fourth-order valence-corrected chi connectivity index (χ4v) is 2.32. The lowest BCUT2D eigenvalue weighted by atomic mass is 9.88. The molecule has 1 aromatic heterocycles. The fraction of sp³-hybridized carbons (Fsp3) is 0.750. The van der Waals surface area contributed by atoms with Crippen LogP contribution in [0.4, 0.5) is 0 Å². The molecule has 1 rings (SSSR count). The Kier molecular flexibility index (Phi) is 4.37. The van der Waals surface area contributed by atoms with E-state index in [2.05, 4.69) is 39.7 Å². The Hall–Kier alpha value is -1.32. The van der Waals surface area contributed by atoms with E-state index >= 15 is 0 Å². The smallest absolute Gasteiger partial charge is 0.359 e. The minimum absolute atomic E-state index is 0.0678. The summed E-state index contributed by atoms with van der Waals surface area (Å²) in [4.78, 5) is 12.3. The van der Waals surface area contributed by atoms with Crippen LogP contribution in [0.15, 0.2) is 0 Å². The van der Waals surface area contributed by atoms with Gasteiger partial charge < -0.3 is 4.74 Å². The van der Waals surface area contributed by atoms with Crippen LogP contribution in [-0.4, -0.2) is 21.4 Å². The molecule has 0 saturated carbocycles. The molecule has 0 radical (unpaired) electrons. The van der Waals surface area contributed by atoms with E-state index in [4.69, 9.17) is 4.74 Å².